The molecule has 17 heteroatoms. The second-order valence-electron chi connectivity index (χ2n) is 7.28. The lowest BCUT2D eigenvalue weighted by Gasteiger charge is -2.17. The maximum atomic E-state index is 13.3. The molecule has 3 amide bonds. The van der Waals surface area contributed by atoms with Crippen LogP contribution in [0.1, 0.15) is 31.3 Å². The van der Waals surface area contributed by atoms with Gasteiger partial charge in [-0.15, -0.1) is 13.2 Å². The SMILES string of the molecule is NC(=O)c1ncn(-c2ccc(NC(=O)c3ccc(F)cc3Cl)c(OC(F)(F)F)c2)c1C(=O)NCC(F)(F)F. The number of imidazole rings is 1. The zero-order chi connectivity index (χ0) is 28.4. The van der Waals surface area contributed by atoms with Crippen LogP contribution in [0.15, 0.2) is 42.7 Å². The highest BCUT2D eigenvalue weighted by atomic mass is 35.5. The number of halogens is 8. The third-order valence-electron chi connectivity index (χ3n) is 4.56. The van der Waals surface area contributed by atoms with Crippen molar-refractivity contribution >= 4 is 35.0 Å². The van der Waals surface area contributed by atoms with Gasteiger partial charge in [-0.25, -0.2) is 9.37 Å². The minimum Gasteiger partial charge on any atom is -0.403 e. The fourth-order valence-corrected chi connectivity index (χ4v) is 3.30. The molecule has 1 aromatic heterocycles. The Morgan fingerprint density at radius 1 is 1.03 bits per heavy atom. The van der Waals surface area contributed by atoms with Crippen LogP contribution in [0.2, 0.25) is 5.02 Å². The highest BCUT2D eigenvalue weighted by Gasteiger charge is 2.34. The molecule has 0 aliphatic rings. The van der Waals surface area contributed by atoms with E-state index >= 15 is 0 Å². The Morgan fingerprint density at radius 3 is 2.29 bits per heavy atom. The number of carbonyl (C=O) groups is 3. The molecule has 0 spiro atoms. The maximum Gasteiger partial charge on any atom is 0.573 e. The molecule has 0 saturated heterocycles. The van der Waals surface area contributed by atoms with Crippen LogP contribution in [0, 0.1) is 5.82 Å². The summed E-state index contributed by atoms with van der Waals surface area (Å²) in [5.74, 6) is -5.62. The lowest BCUT2D eigenvalue weighted by Crippen LogP contribution is -2.36. The number of amides is 3. The molecule has 0 atom stereocenters. The Hall–Kier alpha value is -4.34. The quantitative estimate of drug-likeness (QED) is 0.369. The van der Waals surface area contributed by atoms with Gasteiger partial charge in [0.1, 0.15) is 24.4 Å². The van der Waals surface area contributed by atoms with E-state index in [1.54, 1.807) is 0 Å². The molecular formula is C21H13ClF7N5O4. The lowest BCUT2D eigenvalue weighted by atomic mass is 10.2. The molecule has 0 aliphatic carbocycles. The van der Waals surface area contributed by atoms with E-state index in [9.17, 15) is 45.1 Å². The molecule has 4 N–H and O–H groups in total. The second-order valence-corrected chi connectivity index (χ2v) is 7.69. The zero-order valence-electron chi connectivity index (χ0n) is 18.4. The predicted octanol–water partition coefficient (Wildman–Crippen LogP) is 4.21. The number of primary amides is 1. The van der Waals surface area contributed by atoms with Gasteiger partial charge in [-0.1, -0.05) is 11.6 Å². The molecule has 3 aromatic rings. The third-order valence-corrected chi connectivity index (χ3v) is 4.87. The fraction of sp³-hybridized carbons (Fsp3) is 0.143. The number of nitrogens with two attached hydrogens (primary N) is 1. The van der Waals surface area contributed by atoms with Crippen LogP contribution >= 0.6 is 11.6 Å². The highest BCUT2D eigenvalue weighted by molar-refractivity contribution is 6.34. The average Bonchev–Trinajstić information content (AvgIpc) is 3.22. The van der Waals surface area contributed by atoms with Crippen molar-refractivity contribution in [1.82, 2.24) is 14.9 Å². The van der Waals surface area contributed by atoms with E-state index in [1.807, 2.05) is 0 Å². The molecule has 9 nitrogen and oxygen atoms in total. The van der Waals surface area contributed by atoms with Gasteiger partial charge in [0.15, 0.2) is 11.4 Å². The van der Waals surface area contributed by atoms with Crippen molar-refractivity contribution in [2.24, 2.45) is 5.73 Å². The largest absolute Gasteiger partial charge is 0.573 e. The van der Waals surface area contributed by atoms with Crippen molar-refractivity contribution in [3.05, 3.63) is 70.5 Å². The van der Waals surface area contributed by atoms with Gasteiger partial charge in [0.05, 0.1) is 22.0 Å². The normalized spacial score (nSPS) is 11.7. The van der Waals surface area contributed by atoms with Crippen LogP contribution in [-0.4, -0.2) is 46.4 Å². The monoisotopic (exact) mass is 567 g/mol. The molecule has 0 aliphatic heterocycles. The Balaban J connectivity index is 2.05. The van der Waals surface area contributed by atoms with Crippen molar-refractivity contribution < 1.29 is 49.9 Å². The average molecular weight is 568 g/mol. The Morgan fingerprint density at radius 2 is 1.71 bits per heavy atom. The molecule has 0 unspecified atom stereocenters. The molecule has 0 bridgehead atoms. The second kappa shape index (κ2) is 10.6. The van der Waals surface area contributed by atoms with E-state index in [4.69, 9.17) is 17.3 Å². The van der Waals surface area contributed by atoms with Crippen LogP contribution in [0.4, 0.5) is 36.4 Å². The number of benzene rings is 2. The van der Waals surface area contributed by atoms with Gasteiger partial charge in [-0.2, -0.15) is 13.2 Å². The smallest absolute Gasteiger partial charge is 0.403 e. The Labute approximate surface area is 212 Å². The van der Waals surface area contributed by atoms with Crippen LogP contribution < -0.4 is 21.1 Å². The molecule has 0 radical (unpaired) electrons. The summed E-state index contributed by atoms with van der Waals surface area (Å²) in [6, 6.07) is 5.24. The van der Waals surface area contributed by atoms with Gasteiger partial charge in [-0.3, -0.25) is 19.0 Å². The molecule has 2 aromatic carbocycles. The van der Waals surface area contributed by atoms with Gasteiger partial charge in [0.2, 0.25) is 0 Å². The number of aromatic nitrogens is 2. The van der Waals surface area contributed by atoms with E-state index in [0.717, 1.165) is 36.7 Å². The van der Waals surface area contributed by atoms with E-state index in [0.29, 0.717) is 10.6 Å². The van der Waals surface area contributed by atoms with E-state index < -0.39 is 65.4 Å². The first-order valence-corrected chi connectivity index (χ1v) is 10.3. The maximum absolute atomic E-state index is 13.3. The molecule has 0 fully saturated rings. The summed E-state index contributed by atoms with van der Waals surface area (Å²) in [5, 5.41) is 3.28. The van der Waals surface area contributed by atoms with Crippen LogP contribution in [0.25, 0.3) is 5.69 Å². The van der Waals surface area contributed by atoms with Gasteiger partial charge in [-0.05, 0) is 30.3 Å². The van der Waals surface area contributed by atoms with Gasteiger partial charge >= 0.3 is 12.5 Å². The van der Waals surface area contributed by atoms with Crippen molar-refractivity contribution in [2.45, 2.75) is 12.5 Å². The number of rotatable bonds is 7. The predicted molar refractivity (Wildman–Crippen MR) is 117 cm³/mol. The molecule has 0 saturated carbocycles. The van der Waals surface area contributed by atoms with Crippen molar-refractivity contribution in [2.75, 3.05) is 11.9 Å². The summed E-state index contributed by atoms with van der Waals surface area (Å²) >= 11 is 5.80. The van der Waals surface area contributed by atoms with Crippen molar-refractivity contribution in [1.29, 1.82) is 0 Å². The highest BCUT2D eigenvalue weighted by Crippen LogP contribution is 2.34. The first-order valence-electron chi connectivity index (χ1n) is 9.94. The Bertz CT molecular complexity index is 1410. The van der Waals surface area contributed by atoms with E-state index in [-0.39, 0.29) is 16.3 Å². The minimum absolute atomic E-state index is 0.292. The number of nitrogens with one attached hydrogen (secondary N) is 2. The van der Waals surface area contributed by atoms with E-state index in [2.05, 4.69) is 15.0 Å². The third kappa shape index (κ3) is 6.90. The molecule has 202 valence electrons. The summed E-state index contributed by atoms with van der Waals surface area (Å²) in [6.07, 6.45) is -9.36. The topological polar surface area (TPSA) is 128 Å². The number of nitrogens with zero attached hydrogens (tertiary/aromatic N) is 2. The van der Waals surface area contributed by atoms with Gasteiger partial charge < -0.3 is 21.1 Å². The number of hydrogen-bond donors (Lipinski definition) is 3. The van der Waals surface area contributed by atoms with Crippen molar-refractivity contribution in [3.8, 4) is 11.4 Å². The van der Waals surface area contributed by atoms with Crippen LogP contribution in [-0.2, 0) is 0 Å². The number of carbonyl (C=O) groups excluding carboxylic acids is 3. The first kappa shape index (κ1) is 28.2. The fourth-order valence-electron chi connectivity index (χ4n) is 3.04. The summed E-state index contributed by atoms with van der Waals surface area (Å²) < 4.78 is 94.9. The van der Waals surface area contributed by atoms with Crippen LogP contribution in [0.3, 0.4) is 0 Å². The summed E-state index contributed by atoms with van der Waals surface area (Å²) in [5.41, 5.74) is 2.34. The zero-order valence-corrected chi connectivity index (χ0v) is 19.1. The number of anilines is 1. The van der Waals surface area contributed by atoms with Crippen LogP contribution in [0.5, 0.6) is 5.75 Å². The molecule has 38 heavy (non-hydrogen) atoms. The first-order chi connectivity index (χ1) is 17.6. The summed E-state index contributed by atoms with van der Waals surface area (Å²) in [7, 11) is 0. The van der Waals surface area contributed by atoms with Gasteiger partial charge in [0, 0.05) is 6.07 Å². The van der Waals surface area contributed by atoms with Crippen molar-refractivity contribution in [3.63, 3.8) is 0 Å². The Kier molecular flexibility index (Phi) is 7.85. The number of hydrogen-bond acceptors (Lipinski definition) is 5. The minimum atomic E-state index is -5.29. The lowest BCUT2D eigenvalue weighted by molar-refractivity contribution is -0.274. The summed E-state index contributed by atoms with van der Waals surface area (Å²) in [4.78, 5) is 40.2. The molecular weight excluding hydrogens is 555 g/mol. The molecule has 1 heterocycles. The van der Waals surface area contributed by atoms with Gasteiger partial charge in [0.25, 0.3) is 17.7 Å². The van der Waals surface area contributed by atoms with E-state index in [1.165, 1.54) is 5.32 Å². The standard InChI is InChI=1S/C21H13ClF7N5O4/c22-12-5-9(23)1-3-11(12)18(36)33-13-4-2-10(6-14(13)38-21(27,28)29)34-8-32-15(17(30)35)16(34)19(37)31-7-20(24,25)26/h1-6,8H,7H2,(H2,30,35)(H,31,37)(H,33,36). The number of alkyl halides is 6. The molecule has 3 rings (SSSR count). The summed E-state index contributed by atoms with van der Waals surface area (Å²) in [6.45, 7) is -1.80. The number of ether oxygens (including phenoxy) is 1.